The van der Waals surface area contributed by atoms with Gasteiger partial charge in [0.2, 0.25) is 5.91 Å². The number of hydrogen-bond donors (Lipinski definition) is 0. The summed E-state index contributed by atoms with van der Waals surface area (Å²) in [5, 5.41) is 9.19. The lowest BCUT2D eigenvalue weighted by atomic mass is 10.0. The molecular weight excluding hydrogens is 679 g/mol. The molecule has 264 valence electrons. The quantitative estimate of drug-likeness (QED) is 0.0820. The summed E-state index contributed by atoms with van der Waals surface area (Å²) in [5.41, 5.74) is 7.35. The Hall–Kier alpha value is -6.14. The maximum absolute atomic E-state index is 14.2. The Bertz CT molecular complexity index is 2170. The van der Waals surface area contributed by atoms with Crippen LogP contribution in [0.3, 0.4) is 0 Å². The van der Waals surface area contributed by atoms with Gasteiger partial charge in [-0.2, -0.15) is 5.26 Å². The van der Waals surface area contributed by atoms with Crippen LogP contribution in [-0.4, -0.2) is 29.8 Å². The minimum atomic E-state index is -0.519. The average molecular weight is 718 g/mol. The second kappa shape index (κ2) is 17.9. The van der Waals surface area contributed by atoms with Gasteiger partial charge in [0.1, 0.15) is 24.5 Å². The summed E-state index contributed by atoms with van der Waals surface area (Å²) in [7, 11) is 1.90. The van der Waals surface area contributed by atoms with Crippen molar-refractivity contribution in [1.29, 1.82) is 5.26 Å². The zero-order chi connectivity index (χ0) is 37.0. The van der Waals surface area contributed by atoms with E-state index in [1.165, 1.54) is 17.5 Å². The molecule has 7 nitrogen and oxygen atoms in total. The third-order valence-corrected chi connectivity index (χ3v) is 9.45. The molecule has 6 aromatic carbocycles. The first-order valence-corrected chi connectivity index (χ1v) is 18.0. The first-order chi connectivity index (χ1) is 25.8. The number of anilines is 1. The van der Waals surface area contributed by atoms with Crippen molar-refractivity contribution in [3.05, 3.63) is 185 Å². The van der Waals surface area contributed by atoms with E-state index < -0.39 is 5.97 Å². The number of hydrogen-bond acceptors (Lipinski definition) is 7. The molecule has 0 aliphatic heterocycles. The van der Waals surface area contributed by atoms with E-state index in [4.69, 9.17) is 9.47 Å². The van der Waals surface area contributed by atoms with E-state index in [1.54, 1.807) is 35.2 Å². The molecule has 0 saturated heterocycles. The van der Waals surface area contributed by atoms with Crippen LogP contribution in [0.1, 0.15) is 38.2 Å². The van der Waals surface area contributed by atoms with Gasteiger partial charge in [0, 0.05) is 16.6 Å². The van der Waals surface area contributed by atoms with Crippen LogP contribution in [0.25, 0.3) is 11.1 Å². The van der Waals surface area contributed by atoms with Crippen LogP contribution in [0.2, 0.25) is 0 Å². The van der Waals surface area contributed by atoms with Crippen molar-refractivity contribution in [2.24, 2.45) is 0 Å². The normalized spacial score (nSPS) is 10.8. The standard InChI is InChI=1S/C45H39N3O4S/c1-33-13-24-41(25-14-33)53-47(2)30-44(49)48(29-35-17-21-39(22-18-35)38-19-15-34(28-46)16-20-38)40-23-26-42(45(50)52-32-37-11-7-4-8-12-37)43(27-40)51-31-36-9-5-3-6-10-36/h3-27H,29-32H2,1-2H3. The molecule has 0 unspecified atom stereocenters. The SMILES string of the molecule is Cc1ccc(SN(C)CC(=O)N(Cc2ccc(-c3ccc(C#N)cc3)cc2)c2ccc(C(=O)OCc3ccccc3)c(OCc3ccccc3)c2)cc1. The van der Waals surface area contributed by atoms with Crippen LogP contribution < -0.4 is 9.64 Å². The van der Waals surface area contributed by atoms with E-state index in [1.807, 2.05) is 127 Å². The predicted octanol–water partition coefficient (Wildman–Crippen LogP) is 9.64. The first-order valence-electron chi connectivity index (χ1n) is 17.2. The summed E-state index contributed by atoms with van der Waals surface area (Å²) in [6.45, 7) is 2.80. The highest BCUT2D eigenvalue weighted by molar-refractivity contribution is 7.97. The molecule has 0 radical (unpaired) electrons. The monoisotopic (exact) mass is 717 g/mol. The topological polar surface area (TPSA) is 82.9 Å². The molecule has 0 atom stereocenters. The molecule has 0 aliphatic rings. The number of esters is 1. The molecule has 6 rings (SSSR count). The summed E-state index contributed by atoms with van der Waals surface area (Å²) >= 11 is 1.50. The number of carbonyl (C=O) groups is 2. The average Bonchev–Trinajstić information content (AvgIpc) is 3.20. The number of likely N-dealkylation sites (N-methyl/N-ethyl adjacent to an activating group) is 1. The van der Waals surface area contributed by atoms with Gasteiger partial charge >= 0.3 is 5.97 Å². The molecule has 0 heterocycles. The molecule has 0 bridgehead atoms. The maximum atomic E-state index is 14.2. The number of ether oxygens (including phenoxy) is 2. The third-order valence-electron chi connectivity index (χ3n) is 8.53. The van der Waals surface area contributed by atoms with Gasteiger partial charge in [-0.05, 0) is 90.1 Å². The first kappa shape index (κ1) is 36.6. The number of carbonyl (C=O) groups excluding carboxylic acids is 2. The van der Waals surface area contributed by atoms with Crippen molar-refractivity contribution in [1.82, 2.24) is 4.31 Å². The Kier molecular flexibility index (Phi) is 12.4. The van der Waals surface area contributed by atoms with E-state index in [0.29, 0.717) is 17.0 Å². The van der Waals surface area contributed by atoms with Crippen molar-refractivity contribution in [2.45, 2.75) is 31.6 Å². The third kappa shape index (κ3) is 10.2. The van der Waals surface area contributed by atoms with E-state index in [-0.39, 0.29) is 37.8 Å². The van der Waals surface area contributed by atoms with Crippen molar-refractivity contribution < 1.29 is 19.1 Å². The summed E-state index contributed by atoms with van der Waals surface area (Å²) < 4.78 is 13.9. The van der Waals surface area contributed by atoms with Gasteiger partial charge in [0.05, 0.1) is 24.7 Å². The van der Waals surface area contributed by atoms with Gasteiger partial charge in [-0.1, -0.05) is 115 Å². The fraction of sp³-hybridized carbons (Fsp3) is 0.133. The Morgan fingerprint density at radius 2 is 1.30 bits per heavy atom. The van der Waals surface area contributed by atoms with Crippen molar-refractivity contribution in [2.75, 3.05) is 18.5 Å². The molecule has 0 aliphatic carbocycles. The number of benzene rings is 6. The zero-order valence-corrected chi connectivity index (χ0v) is 30.5. The number of aryl methyl sites for hydroxylation is 1. The Balaban J connectivity index is 1.29. The smallest absolute Gasteiger partial charge is 0.342 e. The fourth-order valence-electron chi connectivity index (χ4n) is 5.64. The Labute approximate surface area is 315 Å². The van der Waals surface area contributed by atoms with E-state index in [9.17, 15) is 14.9 Å². The highest BCUT2D eigenvalue weighted by atomic mass is 32.2. The van der Waals surface area contributed by atoms with Crippen molar-refractivity contribution >= 4 is 29.5 Å². The molecule has 8 heteroatoms. The molecule has 6 aromatic rings. The van der Waals surface area contributed by atoms with Gasteiger partial charge in [-0.25, -0.2) is 9.10 Å². The minimum Gasteiger partial charge on any atom is -0.488 e. The highest BCUT2D eigenvalue weighted by Gasteiger charge is 2.23. The van der Waals surface area contributed by atoms with Gasteiger partial charge in [0.15, 0.2) is 0 Å². The second-order valence-electron chi connectivity index (χ2n) is 12.6. The number of nitriles is 1. The van der Waals surface area contributed by atoms with Crippen molar-refractivity contribution in [3.8, 4) is 22.9 Å². The van der Waals surface area contributed by atoms with E-state index in [0.717, 1.165) is 32.7 Å². The summed E-state index contributed by atoms with van der Waals surface area (Å²) in [6.07, 6.45) is 0. The van der Waals surface area contributed by atoms with Gasteiger partial charge in [-0.3, -0.25) is 4.79 Å². The lowest BCUT2D eigenvalue weighted by Gasteiger charge is -2.26. The lowest BCUT2D eigenvalue weighted by Crippen LogP contribution is -2.37. The Morgan fingerprint density at radius 3 is 1.92 bits per heavy atom. The molecule has 1 amide bonds. The zero-order valence-electron chi connectivity index (χ0n) is 29.6. The number of nitrogens with zero attached hydrogens (tertiary/aromatic N) is 3. The second-order valence-corrected chi connectivity index (χ2v) is 13.9. The van der Waals surface area contributed by atoms with Gasteiger partial charge < -0.3 is 14.4 Å². The van der Waals surface area contributed by atoms with Crippen molar-refractivity contribution in [3.63, 3.8) is 0 Å². The molecule has 0 N–H and O–H groups in total. The minimum absolute atomic E-state index is 0.119. The molecule has 53 heavy (non-hydrogen) atoms. The van der Waals surface area contributed by atoms with E-state index >= 15 is 0 Å². The lowest BCUT2D eigenvalue weighted by molar-refractivity contribution is -0.118. The highest BCUT2D eigenvalue weighted by Crippen LogP contribution is 2.31. The van der Waals surface area contributed by atoms with Crippen LogP contribution in [0.5, 0.6) is 5.75 Å². The number of amides is 1. The summed E-state index contributed by atoms with van der Waals surface area (Å²) in [6, 6.07) is 50.2. The van der Waals surface area contributed by atoms with Gasteiger partial charge in [0.25, 0.3) is 0 Å². The molecule has 0 spiro atoms. The number of rotatable bonds is 14. The molecule has 0 saturated carbocycles. The van der Waals surface area contributed by atoms with Crippen LogP contribution in [-0.2, 0) is 29.3 Å². The molecular formula is C45H39N3O4S. The largest absolute Gasteiger partial charge is 0.488 e. The molecule has 0 fully saturated rings. The van der Waals surface area contributed by atoms with Crippen LogP contribution in [0, 0.1) is 18.3 Å². The predicted molar refractivity (Wildman–Crippen MR) is 210 cm³/mol. The Morgan fingerprint density at radius 1 is 0.698 bits per heavy atom. The maximum Gasteiger partial charge on any atom is 0.342 e. The van der Waals surface area contributed by atoms with Crippen LogP contribution >= 0.6 is 11.9 Å². The van der Waals surface area contributed by atoms with Crippen LogP contribution in [0.15, 0.2) is 157 Å². The van der Waals surface area contributed by atoms with E-state index in [2.05, 4.69) is 18.2 Å². The van der Waals surface area contributed by atoms with Gasteiger partial charge in [-0.15, -0.1) is 0 Å². The summed E-state index contributed by atoms with van der Waals surface area (Å²) in [5.74, 6) is -0.327. The fourth-order valence-corrected chi connectivity index (χ4v) is 6.43. The molecule has 0 aromatic heterocycles. The summed E-state index contributed by atoms with van der Waals surface area (Å²) in [4.78, 5) is 30.5. The van der Waals surface area contributed by atoms with Crippen LogP contribution in [0.4, 0.5) is 5.69 Å².